The lowest BCUT2D eigenvalue weighted by Crippen LogP contribution is -2.07. The van der Waals surface area contributed by atoms with Crippen molar-refractivity contribution in [2.75, 3.05) is 26.4 Å². The zero-order valence-electron chi connectivity index (χ0n) is 11.2. The Bertz CT molecular complexity index is 337. The summed E-state index contributed by atoms with van der Waals surface area (Å²) in [6.45, 7) is 2.01. The molecular formula is C15H22O4. The minimum absolute atomic E-state index is 0.221. The predicted molar refractivity (Wildman–Crippen MR) is 73.1 cm³/mol. The van der Waals surface area contributed by atoms with Gasteiger partial charge in [0.2, 0.25) is 0 Å². The van der Waals surface area contributed by atoms with Crippen molar-refractivity contribution >= 4 is 5.97 Å². The van der Waals surface area contributed by atoms with Gasteiger partial charge in [0.15, 0.2) is 0 Å². The van der Waals surface area contributed by atoms with Gasteiger partial charge in [0.1, 0.15) is 0 Å². The molecule has 0 bridgehead atoms. The number of esters is 1. The number of hydrogen-bond donors (Lipinski definition) is 1. The van der Waals surface area contributed by atoms with Gasteiger partial charge in [-0.2, -0.15) is 0 Å². The van der Waals surface area contributed by atoms with E-state index in [2.05, 4.69) is 0 Å². The summed E-state index contributed by atoms with van der Waals surface area (Å²) in [5, 5.41) is 8.58. The van der Waals surface area contributed by atoms with Gasteiger partial charge >= 0.3 is 5.97 Å². The van der Waals surface area contributed by atoms with Crippen LogP contribution < -0.4 is 0 Å². The number of aliphatic hydroxyl groups is 1. The van der Waals surface area contributed by atoms with E-state index in [4.69, 9.17) is 14.6 Å². The molecule has 0 aliphatic heterocycles. The van der Waals surface area contributed by atoms with Gasteiger partial charge in [-0.25, -0.2) is 4.79 Å². The minimum Gasteiger partial charge on any atom is -0.462 e. The van der Waals surface area contributed by atoms with Crippen molar-refractivity contribution in [2.24, 2.45) is 0 Å². The summed E-state index contributed by atoms with van der Waals surface area (Å²) in [6, 6.07) is 8.98. The molecule has 1 rings (SSSR count). The Kier molecular flexibility index (Phi) is 8.68. The first-order valence-electron chi connectivity index (χ1n) is 6.75. The Morgan fingerprint density at radius 2 is 1.58 bits per heavy atom. The van der Waals surface area contributed by atoms with Gasteiger partial charge in [0.05, 0.1) is 12.2 Å². The Morgan fingerprint density at radius 1 is 0.947 bits per heavy atom. The van der Waals surface area contributed by atoms with E-state index in [9.17, 15) is 4.79 Å². The number of rotatable bonds is 10. The molecule has 4 heteroatoms. The van der Waals surface area contributed by atoms with E-state index in [1.807, 2.05) is 18.2 Å². The summed E-state index contributed by atoms with van der Waals surface area (Å²) in [7, 11) is 0. The van der Waals surface area contributed by atoms with Crippen molar-refractivity contribution in [2.45, 2.75) is 25.7 Å². The quantitative estimate of drug-likeness (QED) is 0.522. The average molecular weight is 266 g/mol. The second kappa shape index (κ2) is 10.5. The molecule has 0 heterocycles. The summed E-state index contributed by atoms with van der Waals surface area (Å²) in [4.78, 5) is 11.6. The van der Waals surface area contributed by atoms with Crippen LogP contribution in [0.25, 0.3) is 0 Å². The van der Waals surface area contributed by atoms with Crippen molar-refractivity contribution in [3.8, 4) is 0 Å². The molecule has 106 valence electrons. The van der Waals surface area contributed by atoms with Crippen LogP contribution in [0.2, 0.25) is 0 Å². The zero-order valence-corrected chi connectivity index (χ0v) is 11.2. The third kappa shape index (κ3) is 7.59. The van der Waals surface area contributed by atoms with Gasteiger partial charge in [-0.15, -0.1) is 0 Å². The molecule has 4 nitrogen and oxygen atoms in total. The van der Waals surface area contributed by atoms with Gasteiger partial charge in [-0.05, 0) is 37.8 Å². The molecule has 0 fully saturated rings. The van der Waals surface area contributed by atoms with Crippen LogP contribution in [-0.2, 0) is 9.47 Å². The highest BCUT2D eigenvalue weighted by atomic mass is 16.5. The molecule has 0 atom stereocenters. The SMILES string of the molecule is O=C(OCCCCOCCCCO)c1ccccc1. The molecule has 0 aliphatic carbocycles. The van der Waals surface area contributed by atoms with Crippen molar-refractivity contribution in [3.05, 3.63) is 35.9 Å². The molecule has 0 radical (unpaired) electrons. The van der Waals surface area contributed by atoms with Crippen LogP contribution in [0.15, 0.2) is 30.3 Å². The smallest absolute Gasteiger partial charge is 0.338 e. The largest absolute Gasteiger partial charge is 0.462 e. The molecule has 0 saturated heterocycles. The topological polar surface area (TPSA) is 55.8 Å². The first-order chi connectivity index (χ1) is 9.34. The maximum absolute atomic E-state index is 11.6. The minimum atomic E-state index is -0.274. The first kappa shape index (κ1) is 15.7. The molecule has 1 aromatic carbocycles. The first-order valence-corrected chi connectivity index (χ1v) is 6.75. The maximum Gasteiger partial charge on any atom is 0.338 e. The third-order valence-corrected chi connectivity index (χ3v) is 2.62. The van der Waals surface area contributed by atoms with Crippen LogP contribution in [0.4, 0.5) is 0 Å². The molecule has 0 unspecified atom stereocenters. The molecule has 0 amide bonds. The number of carbonyl (C=O) groups is 1. The van der Waals surface area contributed by atoms with Gasteiger partial charge < -0.3 is 14.6 Å². The summed E-state index contributed by atoms with van der Waals surface area (Å²) < 4.78 is 10.5. The molecule has 19 heavy (non-hydrogen) atoms. The van der Waals surface area contributed by atoms with Crippen LogP contribution >= 0.6 is 0 Å². The summed E-state index contributed by atoms with van der Waals surface area (Å²) in [5.41, 5.74) is 0.586. The maximum atomic E-state index is 11.6. The monoisotopic (exact) mass is 266 g/mol. The van der Waals surface area contributed by atoms with Crippen molar-refractivity contribution in [1.82, 2.24) is 0 Å². The van der Waals surface area contributed by atoms with Gasteiger partial charge in [0, 0.05) is 19.8 Å². The van der Waals surface area contributed by atoms with Crippen molar-refractivity contribution in [1.29, 1.82) is 0 Å². The number of unbranched alkanes of at least 4 members (excludes halogenated alkanes) is 2. The molecule has 0 saturated carbocycles. The number of benzene rings is 1. The molecule has 1 aromatic rings. The zero-order chi connectivity index (χ0) is 13.8. The van der Waals surface area contributed by atoms with E-state index in [-0.39, 0.29) is 12.6 Å². The Morgan fingerprint density at radius 3 is 2.26 bits per heavy atom. The van der Waals surface area contributed by atoms with E-state index in [0.29, 0.717) is 25.4 Å². The van der Waals surface area contributed by atoms with Crippen LogP contribution in [-0.4, -0.2) is 37.5 Å². The average Bonchev–Trinajstić information content (AvgIpc) is 2.46. The van der Waals surface area contributed by atoms with Crippen LogP contribution in [0.3, 0.4) is 0 Å². The van der Waals surface area contributed by atoms with E-state index in [0.717, 1.165) is 25.7 Å². The van der Waals surface area contributed by atoms with Gasteiger partial charge in [0.25, 0.3) is 0 Å². The van der Waals surface area contributed by atoms with E-state index >= 15 is 0 Å². The third-order valence-electron chi connectivity index (χ3n) is 2.62. The number of carbonyl (C=O) groups excluding carboxylic acids is 1. The van der Waals surface area contributed by atoms with E-state index in [1.54, 1.807) is 12.1 Å². The van der Waals surface area contributed by atoms with Crippen molar-refractivity contribution < 1.29 is 19.4 Å². The number of ether oxygens (including phenoxy) is 2. The van der Waals surface area contributed by atoms with Crippen molar-refractivity contribution in [3.63, 3.8) is 0 Å². The van der Waals surface area contributed by atoms with Crippen LogP contribution in [0, 0.1) is 0 Å². The summed E-state index contributed by atoms with van der Waals surface area (Å²) >= 11 is 0. The van der Waals surface area contributed by atoms with E-state index < -0.39 is 0 Å². The van der Waals surface area contributed by atoms with Gasteiger partial charge in [-0.1, -0.05) is 18.2 Å². The predicted octanol–water partition coefficient (Wildman–Crippen LogP) is 2.41. The lowest BCUT2D eigenvalue weighted by Gasteiger charge is -2.05. The fourth-order valence-corrected chi connectivity index (χ4v) is 1.55. The molecule has 1 N–H and O–H groups in total. The highest BCUT2D eigenvalue weighted by Gasteiger charge is 2.04. The Hall–Kier alpha value is -1.39. The normalized spacial score (nSPS) is 10.4. The standard InChI is InChI=1S/C15H22O4/c16-10-4-5-11-18-12-6-7-13-19-15(17)14-8-2-1-3-9-14/h1-3,8-9,16H,4-7,10-13H2. The number of aliphatic hydroxyl groups excluding tert-OH is 1. The molecule has 0 spiro atoms. The Labute approximate surface area is 114 Å². The lowest BCUT2D eigenvalue weighted by atomic mass is 10.2. The van der Waals surface area contributed by atoms with Gasteiger partial charge in [-0.3, -0.25) is 0 Å². The molecular weight excluding hydrogens is 244 g/mol. The van der Waals surface area contributed by atoms with E-state index in [1.165, 1.54) is 0 Å². The number of hydrogen-bond acceptors (Lipinski definition) is 4. The Balaban J connectivity index is 1.95. The van der Waals surface area contributed by atoms with Crippen LogP contribution in [0.5, 0.6) is 0 Å². The van der Waals surface area contributed by atoms with Crippen LogP contribution in [0.1, 0.15) is 36.0 Å². The second-order valence-corrected chi connectivity index (χ2v) is 4.25. The second-order valence-electron chi connectivity index (χ2n) is 4.25. The lowest BCUT2D eigenvalue weighted by molar-refractivity contribution is 0.0481. The molecule has 0 aromatic heterocycles. The molecule has 0 aliphatic rings. The summed E-state index contributed by atoms with van der Waals surface area (Å²) in [5.74, 6) is -0.274. The fraction of sp³-hybridized carbons (Fsp3) is 0.533. The highest BCUT2D eigenvalue weighted by Crippen LogP contribution is 2.02. The highest BCUT2D eigenvalue weighted by molar-refractivity contribution is 5.89. The fourth-order valence-electron chi connectivity index (χ4n) is 1.55. The summed E-state index contributed by atoms with van der Waals surface area (Å²) in [6.07, 6.45) is 3.36.